The normalized spacial score (nSPS) is 16.2. The maximum Gasteiger partial charge on any atom is 0.407 e. The van der Waals surface area contributed by atoms with Gasteiger partial charge in [-0.25, -0.2) is 13.2 Å². The van der Waals surface area contributed by atoms with Crippen molar-refractivity contribution in [2.75, 3.05) is 29.7 Å². The fraction of sp³-hybridized carbons (Fsp3) is 0.474. The van der Waals surface area contributed by atoms with E-state index < -0.39 is 21.7 Å². The summed E-state index contributed by atoms with van der Waals surface area (Å²) in [7, 11) is -3.20. The van der Waals surface area contributed by atoms with Gasteiger partial charge in [0.2, 0.25) is 15.9 Å². The molecule has 1 heterocycles. The molecule has 1 saturated heterocycles. The number of anilines is 1. The van der Waals surface area contributed by atoms with E-state index in [1.165, 1.54) is 10.4 Å². The molecule has 0 aliphatic carbocycles. The summed E-state index contributed by atoms with van der Waals surface area (Å²) >= 11 is 0. The lowest BCUT2D eigenvalue weighted by Crippen LogP contribution is -2.37. The molecule has 1 aromatic carbocycles. The average Bonchev–Trinajstić information content (AvgIpc) is 2.95. The van der Waals surface area contributed by atoms with Crippen LogP contribution in [0, 0.1) is 0 Å². The first-order valence-corrected chi connectivity index (χ1v) is 10.7. The van der Waals surface area contributed by atoms with Crippen molar-refractivity contribution in [3.05, 3.63) is 35.9 Å². The van der Waals surface area contributed by atoms with Gasteiger partial charge in [0, 0.05) is 25.7 Å². The maximum absolute atomic E-state index is 11.9. The van der Waals surface area contributed by atoms with Gasteiger partial charge in [-0.3, -0.25) is 9.10 Å². The fourth-order valence-corrected chi connectivity index (χ4v) is 4.14. The third kappa shape index (κ3) is 6.88. The lowest BCUT2D eigenvalue weighted by atomic mass is 10.2. The van der Waals surface area contributed by atoms with E-state index in [9.17, 15) is 18.0 Å². The highest BCUT2D eigenvalue weighted by molar-refractivity contribution is 7.93. The summed E-state index contributed by atoms with van der Waals surface area (Å²) in [5, 5.41) is 5.21. The van der Waals surface area contributed by atoms with Gasteiger partial charge in [0.15, 0.2) is 0 Å². The minimum Gasteiger partial charge on any atom is -0.444 e. The van der Waals surface area contributed by atoms with Crippen LogP contribution in [0.25, 0.3) is 6.08 Å². The maximum atomic E-state index is 11.9. The number of nitrogens with one attached hydrogen (secondary N) is 2. The summed E-state index contributed by atoms with van der Waals surface area (Å²) in [5.41, 5.74) is 0.847. The van der Waals surface area contributed by atoms with Crippen molar-refractivity contribution < 1.29 is 22.7 Å². The van der Waals surface area contributed by atoms with Gasteiger partial charge < -0.3 is 15.4 Å². The van der Waals surface area contributed by atoms with Gasteiger partial charge in [-0.05, 0) is 51.0 Å². The molecule has 0 spiro atoms. The van der Waals surface area contributed by atoms with Crippen LogP contribution in [0.2, 0.25) is 0 Å². The van der Waals surface area contributed by atoms with E-state index in [1.54, 1.807) is 51.1 Å². The molecule has 1 aromatic rings. The highest BCUT2D eigenvalue weighted by Gasteiger charge is 2.28. The number of nitrogens with zero attached hydrogens (tertiary/aromatic N) is 1. The Balaban J connectivity index is 1.76. The number of carbonyl (C=O) groups is 2. The summed E-state index contributed by atoms with van der Waals surface area (Å²) in [4.78, 5) is 23.3. The average molecular weight is 410 g/mol. The molecule has 2 N–H and O–H groups in total. The van der Waals surface area contributed by atoms with E-state index in [4.69, 9.17) is 4.74 Å². The second-order valence-electron chi connectivity index (χ2n) is 7.39. The number of carbonyl (C=O) groups excluding carboxylic acids is 2. The third-order valence-electron chi connectivity index (χ3n) is 3.80. The minimum atomic E-state index is -3.20. The van der Waals surface area contributed by atoms with Crippen molar-refractivity contribution in [3.8, 4) is 0 Å². The minimum absolute atomic E-state index is 0.178. The summed E-state index contributed by atoms with van der Waals surface area (Å²) in [6, 6.07) is 6.98. The zero-order valence-corrected chi connectivity index (χ0v) is 17.2. The smallest absolute Gasteiger partial charge is 0.407 e. The van der Waals surface area contributed by atoms with Crippen LogP contribution in [-0.2, 0) is 19.6 Å². The Labute approximate surface area is 166 Å². The molecule has 9 heteroatoms. The van der Waals surface area contributed by atoms with Crippen molar-refractivity contribution in [3.63, 3.8) is 0 Å². The number of alkyl carbamates (subject to hydrolysis) is 1. The van der Waals surface area contributed by atoms with Crippen LogP contribution in [0.15, 0.2) is 30.3 Å². The van der Waals surface area contributed by atoms with Gasteiger partial charge in [0.1, 0.15) is 5.60 Å². The van der Waals surface area contributed by atoms with Crippen LogP contribution in [0.3, 0.4) is 0 Å². The summed E-state index contributed by atoms with van der Waals surface area (Å²) in [6.07, 6.45) is 3.12. The molecular formula is C19H27N3O5S. The van der Waals surface area contributed by atoms with Crippen molar-refractivity contribution in [1.29, 1.82) is 0 Å². The molecule has 0 atom stereocenters. The molecule has 0 aromatic heterocycles. The van der Waals surface area contributed by atoms with Crippen molar-refractivity contribution in [2.45, 2.75) is 32.8 Å². The Morgan fingerprint density at radius 2 is 1.79 bits per heavy atom. The van der Waals surface area contributed by atoms with Crippen molar-refractivity contribution >= 4 is 33.8 Å². The standard InChI is InChI=1S/C19H27N3O5S/c1-19(2,3)27-18(24)21-12-11-20-17(23)10-7-15-5-8-16(9-6-15)22-13-4-14-28(22,25)26/h5-10H,4,11-14H2,1-3H3,(H,20,23)(H,21,24)/b10-7+. The second kappa shape index (κ2) is 9.09. The quantitative estimate of drug-likeness (QED) is 0.551. The number of sulfonamides is 1. The largest absolute Gasteiger partial charge is 0.444 e. The number of ether oxygens (including phenoxy) is 1. The molecule has 1 aliphatic rings. The van der Waals surface area contributed by atoms with Gasteiger partial charge in [-0.1, -0.05) is 12.1 Å². The second-order valence-corrected chi connectivity index (χ2v) is 9.40. The predicted octanol–water partition coefficient (Wildman–Crippen LogP) is 1.88. The Hall–Kier alpha value is -2.55. The highest BCUT2D eigenvalue weighted by Crippen LogP contribution is 2.24. The van der Waals surface area contributed by atoms with Crippen LogP contribution >= 0.6 is 0 Å². The van der Waals surface area contributed by atoms with E-state index >= 15 is 0 Å². The first-order chi connectivity index (χ1) is 13.1. The van der Waals surface area contributed by atoms with Crippen LogP contribution < -0.4 is 14.9 Å². The first kappa shape index (κ1) is 21.7. The Morgan fingerprint density at radius 1 is 1.14 bits per heavy atom. The van der Waals surface area contributed by atoms with E-state index in [-0.39, 0.29) is 24.7 Å². The molecule has 0 unspecified atom stereocenters. The summed E-state index contributed by atoms with van der Waals surface area (Å²) in [5.74, 6) is -0.116. The van der Waals surface area contributed by atoms with E-state index in [1.807, 2.05) is 0 Å². The van der Waals surface area contributed by atoms with E-state index in [0.29, 0.717) is 18.7 Å². The number of rotatable bonds is 6. The monoisotopic (exact) mass is 409 g/mol. The molecule has 28 heavy (non-hydrogen) atoms. The van der Waals surface area contributed by atoms with Gasteiger partial charge in [-0.2, -0.15) is 0 Å². The van der Waals surface area contributed by atoms with Crippen LogP contribution in [-0.4, -0.2) is 51.4 Å². The topological polar surface area (TPSA) is 105 Å². The number of hydrogen-bond acceptors (Lipinski definition) is 5. The predicted molar refractivity (Wildman–Crippen MR) is 108 cm³/mol. The van der Waals surface area contributed by atoms with Crippen LogP contribution in [0.5, 0.6) is 0 Å². The Bertz CT molecular complexity index is 826. The molecular weight excluding hydrogens is 382 g/mol. The molecule has 2 rings (SSSR count). The highest BCUT2D eigenvalue weighted by atomic mass is 32.2. The number of amides is 2. The van der Waals surface area contributed by atoms with E-state index in [2.05, 4.69) is 10.6 Å². The summed E-state index contributed by atoms with van der Waals surface area (Å²) in [6.45, 7) is 6.35. The van der Waals surface area contributed by atoms with Gasteiger partial charge in [0.25, 0.3) is 0 Å². The van der Waals surface area contributed by atoms with Gasteiger partial charge in [0.05, 0.1) is 11.4 Å². The molecule has 1 fully saturated rings. The molecule has 8 nitrogen and oxygen atoms in total. The van der Waals surface area contributed by atoms with Crippen LogP contribution in [0.4, 0.5) is 10.5 Å². The first-order valence-electron chi connectivity index (χ1n) is 9.10. The number of hydrogen-bond donors (Lipinski definition) is 2. The molecule has 0 bridgehead atoms. The molecule has 154 valence electrons. The van der Waals surface area contributed by atoms with E-state index in [0.717, 1.165) is 5.56 Å². The molecule has 2 amide bonds. The van der Waals surface area contributed by atoms with Crippen molar-refractivity contribution in [2.24, 2.45) is 0 Å². The van der Waals surface area contributed by atoms with Gasteiger partial charge in [-0.15, -0.1) is 0 Å². The lowest BCUT2D eigenvalue weighted by Gasteiger charge is -2.19. The third-order valence-corrected chi connectivity index (χ3v) is 5.67. The lowest BCUT2D eigenvalue weighted by molar-refractivity contribution is -0.116. The van der Waals surface area contributed by atoms with Crippen molar-refractivity contribution in [1.82, 2.24) is 10.6 Å². The van der Waals surface area contributed by atoms with Crippen LogP contribution in [0.1, 0.15) is 32.8 Å². The summed E-state index contributed by atoms with van der Waals surface area (Å²) < 4.78 is 30.3. The molecule has 0 saturated carbocycles. The zero-order valence-electron chi connectivity index (χ0n) is 16.4. The Kier molecular flexibility index (Phi) is 7.06. The molecule has 0 radical (unpaired) electrons. The fourth-order valence-electron chi connectivity index (χ4n) is 2.58. The molecule has 1 aliphatic heterocycles. The zero-order chi connectivity index (χ0) is 20.8. The SMILES string of the molecule is CC(C)(C)OC(=O)NCCNC(=O)/C=C/c1ccc(N2CCCS2(=O)=O)cc1. The Morgan fingerprint density at radius 3 is 2.36 bits per heavy atom. The number of benzene rings is 1. The van der Waals surface area contributed by atoms with Gasteiger partial charge >= 0.3 is 6.09 Å².